The van der Waals surface area contributed by atoms with Gasteiger partial charge in [0.05, 0.1) is 0 Å². The van der Waals surface area contributed by atoms with E-state index >= 15 is 0 Å². The molecule has 0 N–H and O–H groups in total. The fraction of sp³-hybridized carbons (Fsp3) is 0.0811. The first kappa shape index (κ1) is 23.8. The standard InChI is InChI=1S/C37H31N/c1-28-10-8-9-15-37(28)33-20-26-36(27-21-33)38(34-22-16-31(17-23-34)29-11-4-2-5-12-29)35-24-18-32(19-25-35)30-13-6-3-7-14-30/h2-18,20-27,32H,19H2,1H3. The summed E-state index contributed by atoms with van der Waals surface area (Å²) in [6.45, 7) is 2.17. The minimum Gasteiger partial charge on any atom is -0.311 e. The van der Waals surface area contributed by atoms with E-state index in [9.17, 15) is 0 Å². The van der Waals surface area contributed by atoms with Crippen molar-refractivity contribution in [1.82, 2.24) is 0 Å². The van der Waals surface area contributed by atoms with Gasteiger partial charge in [0.25, 0.3) is 0 Å². The molecule has 0 saturated carbocycles. The second-order valence-corrected chi connectivity index (χ2v) is 9.85. The fourth-order valence-electron chi connectivity index (χ4n) is 5.29. The van der Waals surface area contributed by atoms with E-state index in [2.05, 4.69) is 164 Å². The summed E-state index contributed by atoms with van der Waals surface area (Å²) in [4.78, 5) is 2.37. The summed E-state index contributed by atoms with van der Waals surface area (Å²) in [5.41, 5.74) is 11.1. The minimum absolute atomic E-state index is 0.408. The van der Waals surface area contributed by atoms with Crippen molar-refractivity contribution in [2.75, 3.05) is 4.90 Å². The fourth-order valence-corrected chi connectivity index (χ4v) is 5.29. The van der Waals surface area contributed by atoms with Crippen LogP contribution in [0.15, 0.2) is 157 Å². The molecule has 0 spiro atoms. The third-order valence-corrected chi connectivity index (χ3v) is 7.38. The zero-order chi connectivity index (χ0) is 25.7. The van der Waals surface area contributed by atoms with E-state index < -0.39 is 0 Å². The molecule has 1 nitrogen and oxygen atoms in total. The summed E-state index contributed by atoms with van der Waals surface area (Å²) >= 11 is 0. The topological polar surface area (TPSA) is 3.24 Å². The third-order valence-electron chi connectivity index (χ3n) is 7.38. The Balaban J connectivity index is 1.35. The molecule has 6 rings (SSSR count). The summed E-state index contributed by atoms with van der Waals surface area (Å²) in [5.74, 6) is 0.408. The maximum absolute atomic E-state index is 2.37. The number of nitrogens with zero attached hydrogens (tertiary/aromatic N) is 1. The lowest BCUT2D eigenvalue weighted by molar-refractivity contribution is 0.840. The van der Waals surface area contributed by atoms with Crippen LogP contribution in [-0.2, 0) is 0 Å². The van der Waals surface area contributed by atoms with Gasteiger partial charge in [-0.2, -0.15) is 0 Å². The second kappa shape index (κ2) is 10.8. The maximum atomic E-state index is 2.37. The average molecular weight is 490 g/mol. The van der Waals surface area contributed by atoms with Crippen LogP contribution in [0.3, 0.4) is 0 Å². The van der Waals surface area contributed by atoms with Gasteiger partial charge in [-0.1, -0.05) is 121 Å². The number of benzene rings is 5. The molecule has 5 aromatic carbocycles. The molecule has 0 aliphatic heterocycles. The van der Waals surface area contributed by atoms with Gasteiger partial charge in [-0.05, 0) is 77.1 Å². The molecular weight excluding hydrogens is 458 g/mol. The van der Waals surface area contributed by atoms with E-state index in [4.69, 9.17) is 0 Å². The molecule has 1 aliphatic rings. The van der Waals surface area contributed by atoms with Gasteiger partial charge >= 0.3 is 0 Å². The van der Waals surface area contributed by atoms with Crippen LogP contribution in [0.2, 0.25) is 0 Å². The Hall–Kier alpha value is -4.62. The van der Waals surface area contributed by atoms with Crippen LogP contribution in [0, 0.1) is 6.92 Å². The molecule has 0 aromatic heterocycles. The van der Waals surface area contributed by atoms with Crippen molar-refractivity contribution in [1.29, 1.82) is 0 Å². The maximum Gasteiger partial charge on any atom is 0.0461 e. The highest BCUT2D eigenvalue weighted by Crippen LogP contribution is 2.37. The summed E-state index contributed by atoms with van der Waals surface area (Å²) in [5, 5.41) is 0. The van der Waals surface area contributed by atoms with E-state index in [0.717, 1.165) is 17.8 Å². The lowest BCUT2D eigenvalue weighted by atomic mass is 9.91. The summed E-state index contributed by atoms with van der Waals surface area (Å²) in [7, 11) is 0. The van der Waals surface area contributed by atoms with Gasteiger partial charge in [-0.15, -0.1) is 0 Å². The van der Waals surface area contributed by atoms with Crippen LogP contribution >= 0.6 is 0 Å². The third kappa shape index (κ3) is 4.96. The van der Waals surface area contributed by atoms with Crippen LogP contribution in [0.1, 0.15) is 23.5 Å². The SMILES string of the molecule is Cc1ccccc1-c1ccc(N(C2=CCC(c3ccccc3)C=C2)c2ccc(-c3ccccc3)cc2)cc1. The molecule has 184 valence electrons. The first-order chi connectivity index (χ1) is 18.8. The zero-order valence-corrected chi connectivity index (χ0v) is 21.7. The summed E-state index contributed by atoms with van der Waals surface area (Å²) < 4.78 is 0. The molecule has 1 heteroatoms. The van der Waals surface area contributed by atoms with Gasteiger partial charge in [0.2, 0.25) is 0 Å². The Morgan fingerprint density at radius 1 is 0.553 bits per heavy atom. The quantitative estimate of drug-likeness (QED) is 0.229. The molecule has 0 fully saturated rings. The van der Waals surface area contributed by atoms with Crippen molar-refractivity contribution in [3.8, 4) is 22.3 Å². The number of hydrogen-bond acceptors (Lipinski definition) is 1. The molecule has 0 amide bonds. The van der Waals surface area contributed by atoms with E-state index in [-0.39, 0.29) is 0 Å². The first-order valence-electron chi connectivity index (χ1n) is 13.3. The summed E-state index contributed by atoms with van der Waals surface area (Å²) in [6.07, 6.45) is 7.98. The lowest BCUT2D eigenvalue weighted by Gasteiger charge is -2.29. The Morgan fingerprint density at radius 2 is 1.11 bits per heavy atom. The Kier molecular flexibility index (Phi) is 6.74. The van der Waals surface area contributed by atoms with Crippen LogP contribution in [0.5, 0.6) is 0 Å². The number of hydrogen-bond donors (Lipinski definition) is 0. The number of aryl methyl sites for hydroxylation is 1. The molecule has 1 aliphatic carbocycles. The highest BCUT2D eigenvalue weighted by molar-refractivity contribution is 5.76. The van der Waals surface area contributed by atoms with Crippen LogP contribution < -0.4 is 4.90 Å². The normalized spacial score (nSPS) is 14.7. The van der Waals surface area contributed by atoms with Crippen LogP contribution in [0.25, 0.3) is 22.3 Å². The molecule has 0 bridgehead atoms. The largest absolute Gasteiger partial charge is 0.311 e. The van der Waals surface area contributed by atoms with Crippen molar-refractivity contribution in [3.05, 3.63) is 169 Å². The molecule has 5 aromatic rings. The predicted octanol–water partition coefficient (Wildman–Crippen LogP) is 10.1. The predicted molar refractivity (Wildman–Crippen MR) is 162 cm³/mol. The van der Waals surface area contributed by atoms with Gasteiger partial charge in [0.15, 0.2) is 0 Å². The Labute approximate surface area is 226 Å². The average Bonchev–Trinajstić information content (AvgIpc) is 3.00. The molecule has 38 heavy (non-hydrogen) atoms. The smallest absolute Gasteiger partial charge is 0.0461 e. The van der Waals surface area contributed by atoms with E-state index in [1.165, 1.54) is 39.1 Å². The van der Waals surface area contributed by atoms with Gasteiger partial charge in [-0.3, -0.25) is 0 Å². The monoisotopic (exact) mass is 489 g/mol. The van der Waals surface area contributed by atoms with Crippen LogP contribution in [0.4, 0.5) is 11.4 Å². The first-order valence-corrected chi connectivity index (χ1v) is 13.3. The molecule has 0 saturated heterocycles. The van der Waals surface area contributed by atoms with E-state index in [0.29, 0.717) is 5.92 Å². The van der Waals surface area contributed by atoms with Crippen molar-refractivity contribution in [2.45, 2.75) is 19.3 Å². The van der Waals surface area contributed by atoms with Crippen LogP contribution in [-0.4, -0.2) is 0 Å². The number of anilines is 2. The van der Waals surface area contributed by atoms with E-state index in [1.807, 2.05) is 0 Å². The van der Waals surface area contributed by atoms with Gasteiger partial charge in [-0.25, -0.2) is 0 Å². The molecule has 0 radical (unpaired) electrons. The molecular formula is C37H31N. The highest BCUT2D eigenvalue weighted by atomic mass is 15.1. The summed E-state index contributed by atoms with van der Waals surface area (Å²) in [6, 6.07) is 47.8. The molecule has 1 atom stereocenters. The highest BCUT2D eigenvalue weighted by Gasteiger charge is 2.18. The second-order valence-electron chi connectivity index (χ2n) is 9.85. The van der Waals surface area contributed by atoms with Gasteiger partial charge in [0.1, 0.15) is 0 Å². The van der Waals surface area contributed by atoms with Gasteiger partial charge in [0, 0.05) is 23.0 Å². The Bertz CT molecular complexity index is 1560. The zero-order valence-electron chi connectivity index (χ0n) is 21.7. The lowest BCUT2D eigenvalue weighted by Crippen LogP contribution is -2.17. The molecule has 0 heterocycles. The molecule has 1 unspecified atom stereocenters. The van der Waals surface area contributed by atoms with Crippen molar-refractivity contribution >= 4 is 11.4 Å². The van der Waals surface area contributed by atoms with Gasteiger partial charge < -0.3 is 4.90 Å². The number of rotatable bonds is 6. The van der Waals surface area contributed by atoms with Crippen molar-refractivity contribution in [2.24, 2.45) is 0 Å². The van der Waals surface area contributed by atoms with Crippen molar-refractivity contribution in [3.63, 3.8) is 0 Å². The van der Waals surface area contributed by atoms with Crippen molar-refractivity contribution < 1.29 is 0 Å². The van der Waals surface area contributed by atoms with E-state index in [1.54, 1.807) is 0 Å². The number of allylic oxidation sites excluding steroid dienone is 3. The Morgan fingerprint density at radius 3 is 1.71 bits per heavy atom. The minimum atomic E-state index is 0.408.